The first kappa shape index (κ1) is 10.7. The highest BCUT2D eigenvalue weighted by molar-refractivity contribution is 5.28. The van der Waals surface area contributed by atoms with Gasteiger partial charge in [0.15, 0.2) is 5.89 Å². The van der Waals surface area contributed by atoms with Gasteiger partial charge >= 0.3 is 0 Å². The number of hydrogen-bond acceptors (Lipinski definition) is 4. The Balaban J connectivity index is 2.14. The maximum Gasteiger partial charge on any atom is 0.198 e. The molecule has 0 aliphatic heterocycles. The van der Waals surface area contributed by atoms with Gasteiger partial charge in [0, 0.05) is 6.42 Å². The normalized spacial score (nSPS) is 12.6. The number of benzene rings is 1. The quantitative estimate of drug-likeness (QED) is 0.828. The SMILES string of the molecule is CC(O)c1coc(Cc2cccc(O)c2)n1. The van der Waals surface area contributed by atoms with Gasteiger partial charge in [-0.15, -0.1) is 0 Å². The first-order chi connectivity index (χ1) is 7.65. The fourth-order valence-electron chi connectivity index (χ4n) is 1.44. The van der Waals surface area contributed by atoms with E-state index in [2.05, 4.69) is 4.98 Å². The highest BCUT2D eigenvalue weighted by Crippen LogP contribution is 2.16. The molecule has 2 rings (SSSR count). The summed E-state index contributed by atoms with van der Waals surface area (Å²) in [7, 11) is 0. The molecule has 2 aromatic rings. The Kier molecular flexibility index (Phi) is 2.92. The second-order valence-electron chi connectivity index (χ2n) is 3.69. The number of oxazole rings is 1. The van der Waals surface area contributed by atoms with Gasteiger partial charge in [0.1, 0.15) is 17.7 Å². The van der Waals surface area contributed by atoms with Crippen LogP contribution in [0.25, 0.3) is 0 Å². The summed E-state index contributed by atoms with van der Waals surface area (Å²) >= 11 is 0. The standard InChI is InChI=1S/C12H13NO3/c1-8(14)11-7-16-12(13-11)6-9-3-2-4-10(15)5-9/h2-5,7-8,14-15H,6H2,1H3. The van der Waals surface area contributed by atoms with Gasteiger partial charge in [-0.05, 0) is 24.6 Å². The zero-order valence-electron chi connectivity index (χ0n) is 8.92. The predicted molar refractivity (Wildman–Crippen MR) is 58.0 cm³/mol. The first-order valence-electron chi connectivity index (χ1n) is 5.05. The van der Waals surface area contributed by atoms with E-state index in [9.17, 15) is 10.2 Å². The molecule has 0 bridgehead atoms. The molecule has 0 spiro atoms. The van der Waals surface area contributed by atoms with E-state index in [0.717, 1.165) is 5.56 Å². The smallest absolute Gasteiger partial charge is 0.198 e. The second kappa shape index (κ2) is 4.37. The van der Waals surface area contributed by atoms with Crippen molar-refractivity contribution in [1.82, 2.24) is 4.98 Å². The topological polar surface area (TPSA) is 66.5 Å². The van der Waals surface area contributed by atoms with E-state index in [4.69, 9.17) is 4.42 Å². The Bertz CT molecular complexity index is 477. The molecule has 4 nitrogen and oxygen atoms in total. The number of aliphatic hydroxyl groups is 1. The molecular weight excluding hydrogens is 206 g/mol. The van der Waals surface area contributed by atoms with Gasteiger partial charge < -0.3 is 14.6 Å². The fourth-order valence-corrected chi connectivity index (χ4v) is 1.44. The number of aromatic hydroxyl groups is 1. The van der Waals surface area contributed by atoms with Crippen LogP contribution in [0.2, 0.25) is 0 Å². The van der Waals surface area contributed by atoms with Crippen LogP contribution in [0.1, 0.15) is 30.2 Å². The molecule has 1 unspecified atom stereocenters. The van der Waals surface area contributed by atoms with E-state index in [1.54, 1.807) is 25.1 Å². The molecule has 0 fully saturated rings. The van der Waals surface area contributed by atoms with E-state index in [1.165, 1.54) is 6.26 Å². The maximum atomic E-state index is 9.29. The molecule has 1 atom stereocenters. The van der Waals surface area contributed by atoms with Gasteiger partial charge in [0.05, 0.1) is 6.10 Å². The maximum absolute atomic E-state index is 9.29. The lowest BCUT2D eigenvalue weighted by molar-refractivity contribution is 0.194. The lowest BCUT2D eigenvalue weighted by atomic mass is 10.1. The van der Waals surface area contributed by atoms with Crippen LogP contribution < -0.4 is 0 Å². The summed E-state index contributed by atoms with van der Waals surface area (Å²) in [5, 5.41) is 18.6. The van der Waals surface area contributed by atoms with Crippen LogP contribution in [-0.4, -0.2) is 15.2 Å². The van der Waals surface area contributed by atoms with Crippen molar-refractivity contribution in [2.24, 2.45) is 0 Å². The van der Waals surface area contributed by atoms with Crippen LogP contribution in [0, 0.1) is 0 Å². The summed E-state index contributed by atoms with van der Waals surface area (Å²) in [6, 6.07) is 6.92. The molecule has 16 heavy (non-hydrogen) atoms. The Labute approximate surface area is 93.2 Å². The van der Waals surface area contributed by atoms with Crippen LogP contribution in [0.5, 0.6) is 5.75 Å². The van der Waals surface area contributed by atoms with Crippen LogP contribution in [0.15, 0.2) is 34.9 Å². The van der Waals surface area contributed by atoms with E-state index in [0.29, 0.717) is 18.0 Å². The highest BCUT2D eigenvalue weighted by Gasteiger charge is 2.09. The number of aromatic nitrogens is 1. The average Bonchev–Trinajstić information content (AvgIpc) is 2.66. The highest BCUT2D eigenvalue weighted by atomic mass is 16.3. The molecule has 2 N–H and O–H groups in total. The largest absolute Gasteiger partial charge is 0.508 e. The van der Waals surface area contributed by atoms with Gasteiger partial charge in [-0.3, -0.25) is 0 Å². The second-order valence-corrected chi connectivity index (χ2v) is 3.69. The van der Waals surface area contributed by atoms with E-state index < -0.39 is 6.10 Å². The molecule has 0 saturated carbocycles. The van der Waals surface area contributed by atoms with Crippen LogP contribution in [-0.2, 0) is 6.42 Å². The zero-order chi connectivity index (χ0) is 11.5. The summed E-state index contributed by atoms with van der Waals surface area (Å²) in [6.45, 7) is 1.63. The van der Waals surface area contributed by atoms with Gasteiger partial charge in [0.2, 0.25) is 0 Å². The van der Waals surface area contributed by atoms with Crippen molar-refractivity contribution >= 4 is 0 Å². The third kappa shape index (κ3) is 2.41. The Morgan fingerprint density at radius 3 is 2.88 bits per heavy atom. The number of hydrogen-bond donors (Lipinski definition) is 2. The monoisotopic (exact) mass is 219 g/mol. The fraction of sp³-hybridized carbons (Fsp3) is 0.250. The predicted octanol–water partition coefficient (Wildman–Crippen LogP) is 2.02. The van der Waals surface area contributed by atoms with Gasteiger partial charge in [0.25, 0.3) is 0 Å². The Hall–Kier alpha value is -1.81. The molecule has 0 amide bonds. The third-order valence-electron chi connectivity index (χ3n) is 2.26. The number of aliphatic hydroxyl groups excluding tert-OH is 1. The molecule has 0 aliphatic carbocycles. The van der Waals surface area contributed by atoms with E-state index in [1.807, 2.05) is 6.07 Å². The summed E-state index contributed by atoms with van der Waals surface area (Å²) in [5.41, 5.74) is 1.44. The van der Waals surface area contributed by atoms with Crippen molar-refractivity contribution in [2.45, 2.75) is 19.4 Å². The zero-order valence-corrected chi connectivity index (χ0v) is 8.92. The van der Waals surface area contributed by atoms with Crippen LogP contribution >= 0.6 is 0 Å². The minimum atomic E-state index is -0.623. The first-order valence-corrected chi connectivity index (χ1v) is 5.05. The summed E-state index contributed by atoms with van der Waals surface area (Å²) in [4.78, 5) is 4.14. The van der Waals surface area contributed by atoms with E-state index >= 15 is 0 Å². The lowest BCUT2D eigenvalue weighted by Crippen LogP contribution is -1.93. The van der Waals surface area contributed by atoms with E-state index in [-0.39, 0.29) is 5.75 Å². The molecule has 4 heteroatoms. The third-order valence-corrected chi connectivity index (χ3v) is 2.26. The summed E-state index contributed by atoms with van der Waals surface area (Å²) in [6.07, 6.45) is 1.32. The van der Waals surface area contributed by atoms with Crippen molar-refractivity contribution in [3.8, 4) is 5.75 Å². The molecule has 1 aromatic heterocycles. The molecule has 84 valence electrons. The Morgan fingerprint density at radius 1 is 1.44 bits per heavy atom. The number of nitrogens with zero attached hydrogens (tertiary/aromatic N) is 1. The van der Waals surface area contributed by atoms with Crippen LogP contribution in [0.3, 0.4) is 0 Å². The molecule has 1 aromatic carbocycles. The molecule has 0 radical (unpaired) electrons. The van der Waals surface area contributed by atoms with Crippen LogP contribution in [0.4, 0.5) is 0 Å². The number of phenolic OH excluding ortho intramolecular Hbond substituents is 1. The van der Waals surface area contributed by atoms with Crippen molar-refractivity contribution in [1.29, 1.82) is 0 Å². The minimum Gasteiger partial charge on any atom is -0.508 e. The molecule has 0 saturated heterocycles. The molecular formula is C12H13NO3. The average molecular weight is 219 g/mol. The Morgan fingerprint density at radius 2 is 2.25 bits per heavy atom. The number of rotatable bonds is 3. The van der Waals surface area contributed by atoms with Crippen molar-refractivity contribution in [3.05, 3.63) is 47.7 Å². The summed E-state index contributed by atoms with van der Waals surface area (Å²) < 4.78 is 5.22. The van der Waals surface area contributed by atoms with Crippen molar-refractivity contribution in [2.75, 3.05) is 0 Å². The number of phenols is 1. The van der Waals surface area contributed by atoms with Crippen molar-refractivity contribution < 1.29 is 14.6 Å². The van der Waals surface area contributed by atoms with Crippen molar-refractivity contribution in [3.63, 3.8) is 0 Å². The van der Waals surface area contributed by atoms with Gasteiger partial charge in [-0.2, -0.15) is 0 Å². The van der Waals surface area contributed by atoms with Gasteiger partial charge in [-0.1, -0.05) is 12.1 Å². The molecule has 1 heterocycles. The van der Waals surface area contributed by atoms with Gasteiger partial charge in [-0.25, -0.2) is 4.98 Å². The molecule has 0 aliphatic rings. The summed E-state index contributed by atoms with van der Waals surface area (Å²) in [5.74, 6) is 0.751. The minimum absolute atomic E-state index is 0.222. The lowest BCUT2D eigenvalue weighted by Gasteiger charge is -1.98.